The average Bonchev–Trinajstić information content (AvgIpc) is 2.80. The Bertz CT molecular complexity index is 969. The zero-order valence-electron chi connectivity index (χ0n) is 23.7. The zero-order chi connectivity index (χ0) is 28.7. The second kappa shape index (κ2) is 13.2. The van der Waals surface area contributed by atoms with Crippen molar-refractivity contribution < 1.29 is 38.4 Å². The third-order valence-electron chi connectivity index (χ3n) is 6.01. The summed E-state index contributed by atoms with van der Waals surface area (Å²) in [5, 5.41) is 9.91. The molecule has 1 saturated heterocycles. The first-order valence-corrected chi connectivity index (χ1v) is 12.9. The van der Waals surface area contributed by atoms with Gasteiger partial charge in [-0.15, -0.1) is 0 Å². The molecule has 212 valence electrons. The summed E-state index contributed by atoms with van der Waals surface area (Å²) < 4.78 is 23.3. The molecule has 1 N–H and O–H groups in total. The fraction of sp³-hybridized carbons (Fsp3) is 0.621. The van der Waals surface area contributed by atoms with Gasteiger partial charge in [0.05, 0.1) is 25.9 Å². The lowest BCUT2D eigenvalue weighted by atomic mass is 9.84. The summed E-state index contributed by atoms with van der Waals surface area (Å²) in [5.41, 5.74) is 0.705. The number of carbonyl (C=O) groups is 3. The first-order valence-electron chi connectivity index (χ1n) is 12.9. The van der Waals surface area contributed by atoms with Crippen LogP contribution in [0.15, 0.2) is 42.5 Å². The van der Waals surface area contributed by atoms with Crippen LogP contribution in [0.1, 0.15) is 60.5 Å². The van der Waals surface area contributed by atoms with Gasteiger partial charge in [0.2, 0.25) is 0 Å². The Labute approximate surface area is 226 Å². The molecule has 4 atom stereocenters. The molecule has 38 heavy (non-hydrogen) atoms. The van der Waals surface area contributed by atoms with E-state index in [-0.39, 0.29) is 31.2 Å². The van der Waals surface area contributed by atoms with Crippen LogP contribution in [0.3, 0.4) is 0 Å². The SMILES string of the molecule is C=C(C)CO[C@@H]1[C@@H](Cc2ccccc2)COC[C@H](N(C(=O)O)C(=O)OC(C)(C)CC(C)(C)C)C(=O)O[C@H]1C. The van der Waals surface area contributed by atoms with Crippen molar-refractivity contribution in [3.05, 3.63) is 48.0 Å². The van der Waals surface area contributed by atoms with Crippen LogP contribution in [0.2, 0.25) is 0 Å². The number of benzene rings is 1. The maximum atomic E-state index is 13.2. The quantitative estimate of drug-likeness (QED) is 0.346. The molecule has 1 heterocycles. The number of carbonyl (C=O) groups excluding carboxylic acids is 2. The summed E-state index contributed by atoms with van der Waals surface area (Å²) in [5.74, 6) is -1.12. The van der Waals surface area contributed by atoms with E-state index in [0.29, 0.717) is 17.7 Å². The van der Waals surface area contributed by atoms with E-state index in [4.69, 9.17) is 18.9 Å². The lowest BCUT2D eigenvalue weighted by molar-refractivity contribution is -0.162. The summed E-state index contributed by atoms with van der Waals surface area (Å²) in [4.78, 5) is 38.9. The number of rotatable bonds is 8. The van der Waals surface area contributed by atoms with Gasteiger partial charge in [-0.1, -0.05) is 63.3 Å². The Morgan fingerprint density at radius 2 is 1.76 bits per heavy atom. The summed E-state index contributed by atoms with van der Waals surface area (Å²) in [6.07, 6.45) is -3.02. The van der Waals surface area contributed by atoms with Crippen molar-refractivity contribution in [2.24, 2.45) is 11.3 Å². The molecular weight excluding hydrogens is 490 g/mol. The highest BCUT2D eigenvalue weighted by atomic mass is 16.6. The lowest BCUT2D eigenvalue weighted by Gasteiger charge is -2.34. The van der Waals surface area contributed by atoms with E-state index in [0.717, 1.165) is 11.1 Å². The molecule has 1 fully saturated rings. The third-order valence-corrected chi connectivity index (χ3v) is 6.01. The molecule has 1 aromatic carbocycles. The van der Waals surface area contributed by atoms with Crippen LogP contribution in [0, 0.1) is 11.3 Å². The number of imide groups is 1. The second-order valence-electron chi connectivity index (χ2n) is 11.9. The van der Waals surface area contributed by atoms with Gasteiger partial charge in [-0.2, -0.15) is 4.90 Å². The van der Waals surface area contributed by atoms with Gasteiger partial charge in [0, 0.05) is 5.92 Å². The van der Waals surface area contributed by atoms with Crippen LogP contribution >= 0.6 is 0 Å². The molecule has 1 aliphatic rings. The normalized spacial score (nSPS) is 22.9. The Balaban J connectivity index is 2.31. The lowest BCUT2D eigenvalue weighted by Crippen LogP contribution is -2.53. The molecule has 9 nitrogen and oxygen atoms in total. The summed E-state index contributed by atoms with van der Waals surface area (Å²) in [6, 6.07) is 8.24. The number of cyclic esters (lactones) is 1. The van der Waals surface area contributed by atoms with Gasteiger partial charge in [0.1, 0.15) is 11.7 Å². The molecule has 0 unspecified atom stereocenters. The highest BCUT2D eigenvalue weighted by Crippen LogP contribution is 2.30. The molecule has 0 aromatic heterocycles. The Morgan fingerprint density at radius 3 is 2.32 bits per heavy atom. The van der Waals surface area contributed by atoms with Gasteiger partial charge in [-0.05, 0) is 51.5 Å². The summed E-state index contributed by atoms with van der Waals surface area (Å²) in [6.45, 7) is 16.8. The van der Waals surface area contributed by atoms with Gasteiger partial charge in [0.15, 0.2) is 6.04 Å². The van der Waals surface area contributed by atoms with Crippen molar-refractivity contribution in [3.8, 4) is 0 Å². The number of esters is 1. The maximum Gasteiger partial charge on any atom is 0.420 e. The number of carboxylic acid groups (broad SMARTS) is 1. The van der Waals surface area contributed by atoms with Crippen LogP contribution in [0.4, 0.5) is 9.59 Å². The smallest absolute Gasteiger partial charge is 0.420 e. The maximum absolute atomic E-state index is 13.2. The van der Waals surface area contributed by atoms with Crippen molar-refractivity contribution in [3.63, 3.8) is 0 Å². The minimum Gasteiger partial charge on any atom is -0.464 e. The van der Waals surface area contributed by atoms with Gasteiger partial charge in [0.25, 0.3) is 0 Å². The van der Waals surface area contributed by atoms with Crippen molar-refractivity contribution in [2.75, 3.05) is 19.8 Å². The third kappa shape index (κ3) is 9.76. The molecule has 0 bridgehead atoms. The van der Waals surface area contributed by atoms with Crippen LogP contribution < -0.4 is 0 Å². The van der Waals surface area contributed by atoms with Crippen molar-refractivity contribution in [2.45, 2.75) is 85.2 Å². The van der Waals surface area contributed by atoms with E-state index in [1.807, 2.05) is 58.0 Å². The Kier molecular flexibility index (Phi) is 10.9. The van der Waals surface area contributed by atoms with Gasteiger partial charge in [-0.25, -0.2) is 14.4 Å². The fourth-order valence-corrected chi connectivity index (χ4v) is 4.93. The number of hydrogen-bond donors (Lipinski definition) is 1. The van der Waals surface area contributed by atoms with Crippen molar-refractivity contribution in [1.29, 1.82) is 0 Å². The predicted molar refractivity (Wildman–Crippen MR) is 143 cm³/mol. The van der Waals surface area contributed by atoms with E-state index in [1.54, 1.807) is 20.8 Å². The Morgan fingerprint density at radius 1 is 1.13 bits per heavy atom. The van der Waals surface area contributed by atoms with Crippen LogP contribution in [0.25, 0.3) is 0 Å². The van der Waals surface area contributed by atoms with Crippen LogP contribution in [-0.2, 0) is 30.2 Å². The van der Waals surface area contributed by atoms with Crippen LogP contribution in [0.5, 0.6) is 0 Å². The first-order chi connectivity index (χ1) is 17.6. The Hall–Kier alpha value is -2.91. The van der Waals surface area contributed by atoms with E-state index in [2.05, 4.69) is 6.58 Å². The van der Waals surface area contributed by atoms with Gasteiger partial charge >= 0.3 is 18.2 Å². The monoisotopic (exact) mass is 533 g/mol. The zero-order valence-corrected chi connectivity index (χ0v) is 23.7. The molecule has 2 rings (SSSR count). The molecule has 1 aliphatic heterocycles. The van der Waals surface area contributed by atoms with Crippen LogP contribution in [-0.4, -0.2) is 71.8 Å². The molecular formula is C29H43NO8. The van der Waals surface area contributed by atoms with E-state index in [9.17, 15) is 19.5 Å². The molecule has 2 amide bonds. The van der Waals surface area contributed by atoms with E-state index >= 15 is 0 Å². The highest BCUT2D eigenvalue weighted by Gasteiger charge is 2.43. The minimum absolute atomic E-state index is 0.158. The number of ether oxygens (including phenoxy) is 4. The molecule has 9 heteroatoms. The first kappa shape index (κ1) is 31.3. The topological polar surface area (TPSA) is 112 Å². The van der Waals surface area contributed by atoms with Crippen molar-refractivity contribution in [1.82, 2.24) is 4.90 Å². The number of hydrogen-bond acceptors (Lipinski definition) is 7. The molecule has 0 radical (unpaired) electrons. The summed E-state index contributed by atoms with van der Waals surface area (Å²) >= 11 is 0. The number of amides is 2. The summed E-state index contributed by atoms with van der Waals surface area (Å²) in [7, 11) is 0. The fourth-order valence-electron chi connectivity index (χ4n) is 4.93. The minimum atomic E-state index is -1.63. The molecule has 0 spiro atoms. The number of nitrogens with zero attached hydrogens (tertiary/aromatic N) is 1. The van der Waals surface area contributed by atoms with E-state index in [1.165, 1.54) is 0 Å². The van der Waals surface area contributed by atoms with Gasteiger partial charge in [-0.3, -0.25) is 0 Å². The molecule has 0 saturated carbocycles. The van der Waals surface area contributed by atoms with E-state index < -0.39 is 42.0 Å². The second-order valence-corrected chi connectivity index (χ2v) is 11.9. The predicted octanol–water partition coefficient (Wildman–Crippen LogP) is 5.47. The van der Waals surface area contributed by atoms with Crippen molar-refractivity contribution >= 4 is 18.2 Å². The average molecular weight is 534 g/mol. The highest BCUT2D eigenvalue weighted by molar-refractivity contribution is 5.93. The largest absolute Gasteiger partial charge is 0.464 e. The molecule has 1 aromatic rings. The molecule has 0 aliphatic carbocycles. The van der Waals surface area contributed by atoms with Gasteiger partial charge < -0.3 is 24.1 Å². The standard InChI is InChI=1S/C29H43NO8/c1-19(2)15-36-24-20(3)37-25(31)23(17-35-16-22(24)14-21-12-10-9-11-13-21)30(26(32)33)27(34)38-29(7,8)18-28(4,5)6/h9-13,20,22-24H,1,14-18H2,2-8H3,(H,32,33)/t20-,22-,23-,24-/m0/s1.